The number of rotatable bonds is 5. The molecule has 6 nitrogen and oxygen atoms in total. The molecular weight excluding hydrogens is 596 g/mol. The summed E-state index contributed by atoms with van der Waals surface area (Å²) in [6.07, 6.45) is 1.52. The summed E-state index contributed by atoms with van der Waals surface area (Å²) in [6.45, 7) is 7.35. The summed E-state index contributed by atoms with van der Waals surface area (Å²) in [6, 6.07) is 10.7. The lowest BCUT2D eigenvalue weighted by molar-refractivity contribution is -0.143. The Bertz CT molecular complexity index is 1540. The van der Waals surface area contributed by atoms with Gasteiger partial charge in [0.15, 0.2) is 4.80 Å². The van der Waals surface area contributed by atoms with Crippen molar-refractivity contribution in [2.24, 2.45) is 4.99 Å². The number of thiazole rings is 1. The van der Waals surface area contributed by atoms with Crippen molar-refractivity contribution < 1.29 is 14.3 Å². The summed E-state index contributed by atoms with van der Waals surface area (Å²) in [5, 5.41) is 0. The number of ether oxygens (including phenoxy) is 2. The molecule has 0 radical (unpaired) electrons. The molecule has 0 unspecified atom stereocenters. The number of nitrogens with zero attached hydrogens (tertiary/aromatic N) is 2. The number of hydrogen-bond acceptors (Lipinski definition) is 6. The Morgan fingerprint density at radius 1 is 1.17 bits per heavy atom. The quantitative estimate of drug-likeness (QED) is 0.376. The van der Waals surface area contributed by atoms with Crippen LogP contribution in [0.25, 0.3) is 6.08 Å². The molecule has 0 saturated heterocycles. The Morgan fingerprint density at radius 3 is 2.57 bits per heavy atom. The van der Waals surface area contributed by atoms with Crippen molar-refractivity contribution in [3.63, 3.8) is 0 Å². The van der Waals surface area contributed by atoms with E-state index in [1.54, 1.807) is 38.5 Å². The van der Waals surface area contributed by atoms with Crippen LogP contribution in [0, 0.1) is 6.92 Å². The number of halogens is 2. The van der Waals surface area contributed by atoms with E-state index in [9.17, 15) is 9.59 Å². The third-order valence-electron chi connectivity index (χ3n) is 5.56. The number of allylic oxidation sites excluding steroid dienone is 1. The number of hydrogen-bond donors (Lipinski definition) is 0. The smallest absolute Gasteiger partial charge is 0.338 e. The molecule has 0 fully saturated rings. The van der Waals surface area contributed by atoms with Crippen molar-refractivity contribution in [1.82, 2.24) is 4.57 Å². The second-order valence-electron chi connectivity index (χ2n) is 8.43. The van der Waals surface area contributed by atoms with Crippen LogP contribution in [-0.2, 0) is 9.53 Å². The molecule has 1 aromatic heterocycles. The van der Waals surface area contributed by atoms with Gasteiger partial charge in [0.05, 0.1) is 29.0 Å². The van der Waals surface area contributed by atoms with Crippen LogP contribution in [0.1, 0.15) is 43.5 Å². The molecule has 0 N–H and O–H groups in total. The molecule has 0 aliphatic carbocycles. The average molecular weight is 620 g/mol. The summed E-state index contributed by atoms with van der Waals surface area (Å²) in [5.41, 5.74) is 3.24. The Balaban J connectivity index is 2.00. The van der Waals surface area contributed by atoms with E-state index in [1.807, 2.05) is 43.3 Å². The SMILES string of the molecule is COc1ccc(Br)cc1[C@@H]1C(C(=O)OC(C)C)=C(C)N=c2s/c(=C\c3ccc(C)c(Br)c3)c(=O)n21. The predicted molar refractivity (Wildman–Crippen MR) is 145 cm³/mol. The number of carbonyl (C=O) groups is 1. The van der Waals surface area contributed by atoms with Crippen molar-refractivity contribution in [2.75, 3.05) is 7.11 Å². The van der Waals surface area contributed by atoms with Gasteiger partial charge in [-0.25, -0.2) is 9.79 Å². The highest BCUT2D eigenvalue weighted by molar-refractivity contribution is 9.10. The average Bonchev–Trinajstić information content (AvgIpc) is 3.09. The number of benzene rings is 2. The van der Waals surface area contributed by atoms with Crippen molar-refractivity contribution in [3.8, 4) is 5.75 Å². The summed E-state index contributed by atoms with van der Waals surface area (Å²) in [7, 11) is 1.56. The van der Waals surface area contributed by atoms with Crippen LogP contribution in [0.15, 0.2) is 66.4 Å². The van der Waals surface area contributed by atoms with Crippen LogP contribution >= 0.6 is 43.2 Å². The lowest BCUT2D eigenvalue weighted by Crippen LogP contribution is -2.40. The molecule has 0 amide bonds. The second-order valence-corrected chi connectivity index (χ2v) is 11.2. The maximum atomic E-state index is 13.8. The minimum atomic E-state index is -0.753. The van der Waals surface area contributed by atoms with E-state index in [1.165, 1.54) is 11.3 Å². The standard InChI is InChI=1S/C26H24Br2N2O4S/c1-13(2)34-25(32)22-15(4)29-26-30(23(22)18-12-17(27)8-9-20(18)33-5)24(31)21(35-26)11-16-7-6-14(3)19(28)10-16/h6-13,23H,1-5H3/b21-11-/t23-/m1/s1. The number of carbonyl (C=O) groups excluding carboxylic acids is 1. The highest BCUT2D eigenvalue weighted by atomic mass is 79.9. The van der Waals surface area contributed by atoms with E-state index >= 15 is 0 Å². The molecule has 35 heavy (non-hydrogen) atoms. The Kier molecular flexibility index (Phi) is 7.49. The van der Waals surface area contributed by atoms with Gasteiger partial charge in [0.1, 0.15) is 11.8 Å². The first kappa shape index (κ1) is 25.6. The topological polar surface area (TPSA) is 69.9 Å². The summed E-state index contributed by atoms with van der Waals surface area (Å²) in [4.78, 5) is 32.2. The number of aryl methyl sites for hydroxylation is 1. The summed E-state index contributed by atoms with van der Waals surface area (Å²) < 4.78 is 15.0. The van der Waals surface area contributed by atoms with Gasteiger partial charge in [0.2, 0.25) is 0 Å². The van der Waals surface area contributed by atoms with Crippen LogP contribution in [-0.4, -0.2) is 23.8 Å². The van der Waals surface area contributed by atoms with Gasteiger partial charge >= 0.3 is 5.97 Å². The Hall–Kier alpha value is -2.49. The molecular formula is C26H24Br2N2O4S. The molecule has 2 heterocycles. The molecule has 4 rings (SSSR count). The van der Waals surface area contributed by atoms with E-state index in [4.69, 9.17) is 9.47 Å². The first-order valence-electron chi connectivity index (χ1n) is 10.9. The maximum absolute atomic E-state index is 13.8. The van der Waals surface area contributed by atoms with Crippen LogP contribution in [0.5, 0.6) is 5.75 Å². The van der Waals surface area contributed by atoms with Gasteiger partial charge in [0, 0.05) is 14.5 Å². The predicted octanol–water partition coefficient (Wildman–Crippen LogP) is 5.03. The van der Waals surface area contributed by atoms with Crippen molar-refractivity contribution in [3.05, 3.63) is 93.0 Å². The third-order valence-corrected chi connectivity index (χ3v) is 7.89. The van der Waals surface area contributed by atoms with Gasteiger partial charge in [-0.05, 0) is 69.2 Å². The van der Waals surface area contributed by atoms with Gasteiger partial charge in [-0.2, -0.15) is 0 Å². The second kappa shape index (κ2) is 10.2. The maximum Gasteiger partial charge on any atom is 0.338 e. The molecule has 0 spiro atoms. The van der Waals surface area contributed by atoms with Crippen molar-refractivity contribution >= 4 is 55.2 Å². The van der Waals surface area contributed by atoms with Gasteiger partial charge in [-0.15, -0.1) is 0 Å². The normalized spacial score (nSPS) is 15.8. The largest absolute Gasteiger partial charge is 0.496 e. The Morgan fingerprint density at radius 2 is 1.91 bits per heavy atom. The fourth-order valence-corrected chi connectivity index (χ4v) is 5.75. The van der Waals surface area contributed by atoms with E-state index in [2.05, 4.69) is 36.9 Å². The van der Waals surface area contributed by atoms with Crippen molar-refractivity contribution in [1.29, 1.82) is 0 Å². The first-order valence-corrected chi connectivity index (χ1v) is 13.3. The fourth-order valence-electron chi connectivity index (χ4n) is 3.92. The van der Waals surface area contributed by atoms with E-state index in [0.717, 1.165) is 20.1 Å². The first-order chi connectivity index (χ1) is 16.6. The molecule has 9 heteroatoms. The van der Waals surface area contributed by atoms with Gasteiger partial charge in [-0.1, -0.05) is 55.3 Å². The van der Waals surface area contributed by atoms with E-state index in [0.29, 0.717) is 31.9 Å². The number of fused-ring (bicyclic) bond motifs is 1. The minimum absolute atomic E-state index is 0.236. The summed E-state index contributed by atoms with van der Waals surface area (Å²) in [5.74, 6) is 0.0461. The van der Waals surface area contributed by atoms with E-state index in [-0.39, 0.29) is 11.7 Å². The van der Waals surface area contributed by atoms with Crippen LogP contribution in [0.3, 0.4) is 0 Å². The molecule has 0 saturated carbocycles. The van der Waals surface area contributed by atoms with Gasteiger partial charge in [0.25, 0.3) is 5.56 Å². The lowest BCUT2D eigenvalue weighted by atomic mass is 9.95. The molecule has 3 aromatic rings. The van der Waals surface area contributed by atoms with Crippen molar-refractivity contribution in [2.45, 2.75) is 39.8 Å². The molecule has 182 valence electrons. The molecule has 1 aliphatic rings. The lowest BCUT2D eigenvalue weighted by Gasteiger charge is -2.26. The highest BCUT2D eigenvalue weighted by Gasteiger charge is 2.35. The van der Waals surface area contributed by atoms with Gasteiger partial charge in [-0.3, -0.25) is 9.36 Å². The molecule has 1 atom stereocenters. The molecule has 1 aliphatic heterocycles. The number of methoxy groups -OCH3 is 1. The Labute approximate surface area is 223 Å². The van der Waals surface area contributed by atoms with Crippen LogP contribution < -0.4 is 19.6 Å². The number of esters is 1. The number of aromatic nitrogens is 1. The fraction of sp³-hybridized carbons (Fsp3) is 0.269. The highest BCUT2D eigenvalue weighted by Crippen LogP contribution is 2.37. The molecule has 2 aromatic carbocycles. The van der Waals surface area contributed by atoms with Crippen LogP contribution in [0.2, 0.25) is 0 Å². The zero-order valence-corrected chi connectivity index (χ0v) is 23.9. The zero-order chi connectivity index (χ0) is 25.4. The molecule has 0 bridgehead atoms. The monoisotopic (exact) mass is 618 g/mol. The van der Waals surface area contributed by atoms with E-state index < -0.39 is 12.0 Å². The third kappa shape index (κ3) is 5.08. The van der Waals surface area contributed by atoms with Crippen LogP contribution in [0.4, 0.5) is 0 Å². The van der Waals surface area contributed by atoms with Gasteiger partial charge < -0.3 is 9.47 Å². The minimum Gasteiger partial charge on any atom is -0.496 e. The summed E-state index contributed by atoms with van der Waals surface area (Å²) >= 11 is 8.36. The zero-order valence-electron chi connectivity index (χ0n) is 19.9.